The Bertz CT molecular complexity index is 147. The second-order valence-corrected chi connectivity index (χ2v) is 3.21. The molecule has 11 heavy (non-hydrogen) atoms. The van der Waals surface area contributed by atoms with Gasteiger partial charge in [-0.1, -0.05) is 0 Å². The Labute approximate surface area is 67.0 Å². The average molecular weight is 157 g/mol. The number of carbonyl (C=O) groups is 1. The molecule has 0 aromatic carbocycles. The first kappa shape index (κ1) is 8.53. The minimum atomic E-state index is -0.676. The van der Waals surface area contributed by atoms with Gasteiger partial charge in [0.1, 0.15) is 0 Å². The molecule has 1 heterocycles. The predicted octanol–water partition coefficient (Wildman–Crippen LogP) is 0.945. The number of carboxylic acid groups (broad SMARTS) is 1. The Morgan fingerprint density at radius 1 is 1.73 bits per heavy atom. The summed E-state index contributed by atoms with van der Waals surface area (Å²) in [6.07, 6.45) is 3.52. The van der Waals surface area contributed by atoms with Gasteiger partial charge in [-0.3, -0.25) is 4.79 Å². The molecule has 1 rings (SSSR count). The van der Waals surface area contributed by atoms with Gasteiger partial charge >= 0.3 is 5.97 Å². The van der Waals surface area contributed by atoms with Crippen LogP contribution in [0, 0.1) is 0 Å². The molecule has 0 aromatic heterocycles. The summed E-state index contributed by atoms with van der Waals surface area (Å²) < 4.78 is 0. The summed E-state index contributed by atoms with van der Waals surface area (Å²) in [6, 6.07) is 0.520. The summed E-state index contributed by atoms with van der Waals surface area (Å²) >= 11 is 0. The van der Waals surface area contributed by atoms with Gasteiger partial charge in [0.25, 0.3) is 0 Å². The average Bonchev–Trinajstić information content (AvgIpc) is 2.31. The van der Waals surface area contributed by atoms with Crippen LogP contribution >= 0.6 is 0 Å². The molecule has 1 N–H and O–H groups in total. The third-order valence-electron chi connectivity index (χ3n) is 2.36. The molecule has 0 aromatic rings. The Kier molecular flexibility index (Phi) is 2.88. The molecule has 1 fully saturated rings. The topological polar surface area (TPSA) is 40.5 Å². The van der Waals surface area contributed by atoms with Crippen molar-refractivity contribution in [1.82, 2.24) is 4.90 Å². The zero-order chi connectivity index (χ0) is 8.27. The van der Waals surface area contributed by atoms with Crippen LogP contribution < -0.4 is 0 Å². The lowest BCUT2D eigenvalue weighted by molar-refractivity contribution is -0.137. The van der Waals surface area contributed by atoms with E-state index in [4.69, 9.17) is 5.11 Å². The third-order valence-corrected chi connectivity index (χ3v) is 2.36. The first-order valence-corrected chi connectivity index (χ1v) is 4.12. The molecule has 0 spiro atoms. The van der Waals surface area contributed by atoms with E-state index in [9.17, 15) is 4.79 Å². The largest absolute Gasteiger partial charge is 0.481 e. The summed E-state index contributed by atoms with van der Waals surface area (Å²) in [6.45, 7) is 1.13. The van der Waals surface area contributed by atoms with Crippen LogP contribution in [0.15, 0.2) is 0 Å². The van der Waals surface area contributed by atoms with E-state index in [1.807, 2.05) is 0 Å². The Hall–Kier alpha value is -0.570. The van der Waals surface area contributed by atoms with Gasteiger partial charge in [-0.25, -0.2) is 0 Å². The summed E-state index contributed by atoms with van der Waals surface area (Å²) in [7, 11) is 2.07. The molecule has 1 saturated heterocycles. The molecule has 64 valence electrons. The van der Waals surface area contributed by atoms with Crippen molar-refractivity contribution in [2.24, 2.45) is 0 Å². The maximum atomic E-state index is 10.2. The summed E-state index contributed by atoms with van der Waals surface area (Å²) in [5.74, 6) is -0.676. The zero-order valence-electron chi connectivity index (χ0n) is 6.92. The standard InChI is InChI=1S/C8H15NO2/c1-9-6-2-3-7(9)4-5-8(10)11/h7H,2-6H2,1H3,(H,10,11)/t7-/m1/s1. The van der Waals surface area contributed by atoms with Crippen molar-refractivity contribution >= 4 is 5.97 Å². The van der Waals surface area contributed by atoms with Crippen molar-refractivity contribution in [2.75, 3.05) is 13.6 Å². The van der Waals surface area contributed by atoms with Crippen LogP contribution in [-0.4, -0.2) is 35.6 Å². The van der Waals surface area contributed by atoms with E-state index in [2.05, 4.69) is 11.9 Å². The van der Waals surface area contributed by atoms with Crippen LogP contribution in [0.2, 0.25) is 0 Å². The number of carboxylic acids is 1. The number of hydrogen-bond acceptors (Lipinski definition) is 2. The van der Waals surface area contributed by atoms with E-state index in [0.29, 0.717) is 12.5 Å². The van der Waals surface area contributed by atoms with Crippen LogP contribution in [0.4, 0.5) is 0 Å². The molecule has 0 amide bonds. The maximum Gasteiger partial charge on any atom is 0.303 e. The summed E-state index contributed by atoms with van der Waals surface area (Å²) in [5, 5.41) is 8.44. The maximum absolute atomic E-state index is 10.2. The van der Waals surface area contributed by atoms with E-state index in [1.165, 1.54) is 12.8 Å². The molecule has 0 bridgehead atoms. The van der Waals surface area contributed by atoms with E-state index < -0.39 is 5.97 Å². The molecular weight excluding hydrogens is 142 g/mol. The van der Waals surface area contributed by atoms with Crippen LogP contribution in [0.5, 0.6) is 0 Å². The monoisotopic (exact) mass is 157 g/mol. The van der Waals surface area contributed by atoms with Crippen LogP contribution in [-0.2, 0) is 4.79 Å². The fourth-order valence-corrected chi connectivity index (χ4v) is 1.63. The van der Waals surface area contributed by atoms with Crippen LogP contribution in [0.3, 0.4) is 0 Å². The van der Waals surface area contributed by atoms with Gasteiger partial charge in [0.15, 0.2) is 0 Å². The van der Waals surface area contributed by atoms with Crippen molar-refractivity contribution in [3.8, 4) is 0 Å². The fourth-order valence-electron chi connectivity index (χ4n) is 1.63. The first-order chi connectivity index (χ1) is 5.20. The van der Waals surface area contributed by atoms with Gasteiger partial charge in [-0.2, -0.15) is 0 Å². The van der Waals surface area contributed by atoms with Gasteiger partial charge in [0, 0.05) is 12.5 Å². The lowest BCUT2D eigenvalue weighted by Crippen LogP contribution is -2.25. The lowest BCUT2D eigenvalue weighted by Gasteiger charge is -2.17. The third kappa shape index (κ3) is 2.50. The highest BCUT2D eigenvalue weighted by molar-refractivity contribution is 5.66. The first-order valence-electron chi connectivity index (χ1n) is 4.12. The highest BCUT2D eigenvalue weighted by atomic mass is 16.4. The molecule has 1 aliphatic heterocycles. The second-order valence-electron chi connectivity index (χ2n) is 3.21. The molecule has 1 atom stereocenters. The highest BCUT2D eigenvalue weighted by Crippen LogP contribution is 2.18. The second kappa shape index (κ2) is 3.72. The lowest BCUT2D eigenvalue weighted by atomic mass is 10.1. The zero-order valence-corrected chi connectivity index (χ0v) is 6.92. The van der Waals surface area contributed by atoms with Crippen molar-refractivity contribution in [2.45, 2.75) is 31.7 Å². The van der Waals surface area contributed by atoms with Gasteiger partial charge in [-0.15, -0.1) is 0 Å². The quantitative estimate of drug-likeness (QED) is 0.663. The molecule has 0 aliphatic carbocycles. The SMILES string of the molecule is CN1CCC[C@@H]1CCC(=O)O. The molecule has 0 saturated carbocycles. The minimum absolute atomic E-state index is 0.314. The predicted molar refractivity (Wildman–Crippen MR) is 42.5 cm³/mol. The molecular formula is C8H15NO2. The van der Waals surface area contributed by atoms with E-state index >= 15 is 0 Å². The Balaban J connectivity index is 2.20. The number of rotatable bonds is 3. The smallest absolute Gasteiger partial charge is 0.303 e. The Morgan fingerprint density at radius 3 is 2.91 bits per heavy atom. The van der Waals surface area contributed by atoms with Crippen molar-refractivity contribution < 1.29 is 9.90 Å². The minimum Gasteiger partial charge on any atom is -0.481 e. The number of hydrogen-bond donors (Lipinski definition) is 1. The van der Waals surface area contributed by atoms with Gasteiger partial charge < -0.3 is 10.0 Å². The van der Waals surface area contributed by atoms with E-state index in [1.54, 1.807) is 0 Å². The van der Waals surface area contributed by atoms with Gasteiger partial charge in [-0.05, 0) is 32.9 Å². The summed E-state index contributed by atoms with van der Waals surface area (Å²) in [4.78, 5) is 12.5. The molecule has 3 heteroatoms. The number of nitrogens with zero attached hydrogens (tertiary/aromatic N) is 1. The van der Waals surface area contributed by atoms with Gasteiger partial charge in [0.05, 0.1) is 0 Å². The summed E-state index contributed by atoms with van der Waals surface area (Å²) in [5.41, 5.74) is 0. The van der Waals surface area contributed by atoms with Crippen molar-refractivity contribution in [3.05, 3.63) is 0 Å². The van der Waals surface area contributed by atoms with Crippen molar-refractivity contribution in [3.63, 3.8) is 0 Å². The molecule has 0 radical (unpaired) electrons. The fraction of sp³-hybridized carbons (Fsp3) is 0.875. The van der Waals surface area contributed by atoms with Crippen molar-refractivity contribution in [1.29, 1.82) is 0 Å². The Morgan fingerprint density at radius 2 is 2.45 bits per heavy atom. The normalized spacial score (nSPS) is 25.7. The van der Waals surface area contributed by atoms with Crippen LogP contribution in [0.25, 0.3) is 0 Å². The van der Waals surface area contributed by atoms with Crippen LogP contribution in [0.1, 0.15) is 25.7 Å². The van der Waals surface area contributed by atoms with E-state index in [-0.39, 0.29) is 0 Å². The molecule has 3 nitrogen and oxygen atoms in total. The molecule has 0 unspecified atom stereocenters. The van der Waals surface area contributed by atoms with Gasteiger partial charge in [0.2, 0.25) is 0 Å². The van der Waals surface area contributed by atoms with E-state index in [0.717, 1.165) is 13.0 Å². The number of likely N-dealkylation sites (tertiary alicyclic amines) is 1. The number of aliphatic carboxylic acids is 1. The highest BCUT2D eigenvalue weighted by Gasteiger charge is 2.20. The molecule has 1 aliphatic rings.